The van der Waals surface area contributed by atoms with Crippen molar-refractivity contribution < 1.29 is 44.4 Å². The SMILES string of the molecule is CCN1CCN(CC(=O)c2cc(C)n(-c3ccc(C)c(C)c3)c2C)CC1.O=C(O)C(=O)O.O=C(O)C(=O)O. The van der Waals surface area contributed by atoms with E-state index in [1.165, 1.54) is 11.1 Å². The van der Waals surface area contributed by atoms with Crippen molar-refractivity contribution in [2.24, 2.45) is 0 Å². The van der Waals surface area contributed by atoms with Crippen LogP contribution in [0.25, 0.3) is 5.69 Å². The highest BCUT2D eigenvalue weighted by Gasteiger charge is 2.22. The van der Waals surface area contributed by atoms with Crippen molar-refractivity contribution in [2.45, 2.75) is 34.6 Å². The van der Waals surface area contributed by atoms with Gasteiger partial charge in [0.05, 0.1) is 6.54 Å². The van der Waals surface area contributed by atoms with E-state index in [0.717, 1.165) is 55.4 Å². The van der Waals surface area contributed by atoms with Crippen molar-refractivity contribution in [3.8, 4) is 5.69 Å². The standard InChI is InChI=1S/C22H31N3O.2C2H2O4/c1-6-23-9-11-24(12-10-23)15-22(26)21-14-18(4)25(19(21)5)20-8-7-16(2)17(3)13-20;2*3-1(4)2(5)6/h7-8,13-14H,6,9-12,15H2,1-5H3;2*(H,3,4)(H,5,6). The average Bonchev–Trinajstić information content (AvgIpc) is 3.15. The van der Waals surface area contributed by atoms with Gasteiger partial charge in [0.25, 0.3) is 0 Å². The van der Waals surface area contributed by atoms with Crippen LogP contribution in [0.4, 0.5) is 0 Å². The second-order valence-electron chi connectivity index (χ2n) is 8.74. The Morgan fingerprint density at radius 2 is 1.18 bits per heavy atom. The van der Waals surface area contributed by atoms with Gasteiger partial charge in [-0.05, 0) is 63.6 Å². The van der Waals surface area contributed by atoms with E-state index in [1.54, 1.807) is 0 Å². The van der Waals surface area contributed by atoms with Crippen molar-refractivity contribution in [2.75, 3.05) is 39.3 Å². The van der Waals surface area contributed by atoms with Gasteiger partial charge in [0.15, 0.2) is 5.78 Å². The number of hydrogen-bond acceptors (Lipinski definition) is 7. The third-order valence-corrected chi connectivity index (χ3v) is 6.13. The summed E-state index contributed by atoms with van der Waals surface area (Å²) in [5, 5.41) is 29.6. The molecule has 0 radical (unpaired) electrons. The number of piperazine rings is 1. The molecule has 208 valence electrons. The van der Waals surface area contributed by atoms with Crippen LogP contribution in [0.1, 0.15) is 39.8 Å². The first-order valence-electron chi connectivity index (χ1n) is 11.9. The van der Waals surface area contributed by atoms with Gasteiger partial charge in [0, 0.05) is 48.8 Å². The molecule has 0 aliphatic carbocycles. The van der Waals surface area contributed by atoms with Gasteiger partial charge in [-0.25, -0.2) is 19.2 Å². The van der Waals surface area contributed by atoms with Gasteiger partial charge in [-0.1, -0.05) is 13.0 Å². The maximum Gasteiger partial charge on any atom is 0.414 e. The summed E-state index contributed by atoms with van der Waals surface area (Å²) in [6.45, 7) is 16.3. The van der Waals surface area contributed by atoms with Crippen LogP contribution in [0.5, 0.6) is 0 Å². The molecule has 12 heteroatoms. The third kappa shape index (κ3) is 9.45. The van der Waals surface area contributed by atoms with Crippen molar-refractivity contribution >= 4 is 29.7 Å². The minimum atomic E-state index is -1.82. The number of aliphatic carboxylic acids is 4. The van der Waals surface area contributed by atoms with E-state index in [1.807, 2.05) is 0 Å². The number of aryl methyl sites for hydroxylation is 3. The molecule has 3 rings (SSSR count). The number of nitrogens with zero attached hydrogens (tertiary/aromatic N) is 3. The van der Waals surface area contributed by atoms with E-state index in [2.05, 4.69) is 73.3 Å². The molecule has 0 saturated carbocycles. The van der Waals surface area contributed by atoms with Gasteiger partial charge in [0.2, 0.25) is 0 Å². The summed E-state index contributed by atoms with van der Waals surface area (Å²) in [5.41, 5.74) is 6.72. The first kappa shape index (κ1) is 32.0. The number of Topliss-reactive ketones (excluding diaryl/α,β-unsaturated/α-hetero) is 1. The van der Waals surface area contributed by atoms with Crippen LogP contribution < -0.4 is 0 Å². The lowest BCUT2D eigenvalue weighted by atomic mass is 10.1. The Hall–Kier alpha value is -4.03. The summed E-state index contributed by atoms with van der Waals surface area (Å²) in [7, 11) is 0. The molecule has 1 aliphatic heterocycles. The number of carbonyl (C=O) groups excluding carboxylic acids is 1. The highest BCUT2D eigenvalue weighted by Crippen LogP contribution is 2.23. The zero-order valence-electron chi connectivity index (χ0n) is 22.2. The lowest BCUT2D eigenvalue weighted by molar-refractivity contribution is -0.159. The second-order valence-corrected chi connectivity index (χ2v) is 8.74. The molecule has 0 atom stereocenters. The molecule has 1 fully saturated rings. The van der Waals surface area contributed by atoms with Crippen molar-refractivity contribution in [3.63, 3.8) is 0 Å². The number of carboxylic acids is 4. The number of likely N-dealkylation sites (N-methyl/N-ethyl adjacent to an activating group) is 1. The zero-order valence-corrected chi connectivity index (χ0v) is 22.2. The van der Waals surface area contributed by atoms with Crippen LogP contribution in [-0.2, 0) is 19.2 Å². The fraction of sp³-hybridized carbons (Fsp3) is 0.423. The Bertz CT molecular complexity index is 1130. The Balaban J connectivity index is 0.000000503. The van der Waals surface area contributed by atoms with Crippen LogP contribution in [0.2, 0.25) is 0 Å². The van der Waals surface area contributed by atoms with Crippen molar-refractivity contribution in [1.29, 1.82) is 0 Å². The number of rotatable bonds is 5. The van der Waals surface area contributed by atoms with Crippen molar-refractivity contribution in [3.05, 3.63) is 52.3 Å². The summed E-state index contributed by atoms with van der Waals surface area (Å²) in [6, 6.07) is 8.54. The van der Waals surface area contributed by atoms with Crippen LogP contribution in [0.3, 0.4) is 0 Å². The molecule has 1 aliphatic rings. The Morgan fingerprint density at radius 3 is 1.61 bits per heavy atom. The van der Waals surface area contributed by atoms with Gasteiger partial charge in [-0.2, -0.15) is 0 Å². The average molecular weight is 534 g/mol. The number of benzene rings is 1. The van der Waals surface area contributed by atoms with Crippen LogP contribution in [0.15, 0.2) is 24.3 Å². The summed E-state index contributed by atoms with van der Waals surface area (Å²) in [5.74, 6) is -7.06. The van der Waals surface area contributed by atoms with E-state index in [9.17, 15) is 4.79 Å². The zero-order chi connectivity index (χ0) is 29.2. The van der Waals surface area contributed by atoms with Crippen LogP contribution in [-0.4, -0.2) is 104 Å². The van der Waals surface area contributed by atoms with E-state index in [0.29, 0.717) is 6.54 Å². The fourth-order valence-corrected chi connectivity index (χ4v) is 3.86. The summed E-state index contributed by atoms with van der Waals surface area (Å²) in [4.78, 5) is 54.1. The first-order valence-corrected chi connectivity index (χ1v) is 11.9. The maximum absolute atomic E-state index is 12.9. The summed E-state index contributed by atoms with van der Waals surface area (Å²) >= 11 is 0. The third-order valence-electron chi connectivity index (χ3n) is 6.13. The van der Waals surface area contributed by atoms with Gasteiger partial charge < -0.3 is 29.9 Å². The topological polar surface area (TPSA) is 178 Å². The molecule has 38 heavy (non-hydrogen) atoms. The molecular weight excluding hydrogens is 498 g/mol. The van der Waals surface area contributed by atoms with Crippen LogP contribution in [0, 0.1) is 27.7 Å². The molecule has 0 spiro atoms. The van der Waals surface area contributed by atoms with Crippen LogP contribution >= 0.6 is 0 Å². The number of carbonyl (C=O) groups is 5. The lowest BCUT2D eigenvalue weighted by Gasteiger charge is -2.33. The van der Waals surface area contributed by atoms with Gasteiger partial charge in [0.1, 0.15) is 0 Å². The fourth-order valence-electron chi connectivity index (χ4n) is 3.86. The normalized spacial score (nSPS) is 13.4. The highest BCUT2D eigenvalue weighted by atomic mass is 16.4. The minimum absolute atomic E-state index is 0.234. The predicted molar refractivity (Wildman–Crippen MR) is 138 cm³/mol. The van der Waals surface area contributed by atoms with Gasteiger partial charge >= 0.3 is 23.9 Å². The number of carboxylic acid groups (broad SMARTS) is 4. The molecule has 1 aromatic heterocycles. The number of hydrogen-bond donors (Lipinski definition) is 4. The van der Waals surface area contributed by atoms with Crippen molar-refractivity contribution in [1.82, 2.24) is 14.4 Å². The molecule has 1 saturated heterocycles. The minimum Gasteiger partial charge on any atom is -0.473 e. The summed E-state index contributed by atoms with van der Waals surface area (Å²) < 4.78 is 2.20. The largest absolute Gasteiger partial charge is 0.473 e. The molecule has 0 amide bonds. The Morgan fingerprint density at radius 1 is 0.711 bits per heavy atom. The first-order chi connectivity index (χ1) is 17.7. The second kappa shape index (κ2) is 14.6. The number of aromatic nitrogens is 1. The quantitative estimate of drug-likeness (QED) is 0.326. The molecule has 4 N–H and O–H groups in total. The molecule has 1 aromatic carbocycles. The molecule has 0 bridgehead atoms. The summed E-state index contributed by atoms with van der Waals surface area (Å²) in [6.07, 6.45) is 0. The van der Waals surface area contributed by atoms with E-state index in [-0.39, 0.29) is 5.78 Å². The monoisotopic (exact) mass is 533 g/mol. The lowest BCUT2D eigenvalue weighted by Crippen LogP contribution is -2.47. The molecular formula is C26H35N3O9. The van der Waals surface area contributed by atoms with E-state index in [4.69, 9.17) is 39.6 Å². The molecule has 12 nitrogen and oxygen atoms in total. The smallest absolute Gasteiger partial charge is 0.414 e. The van der Waals surface area contributed by atoms with Gasteiger partial charge in [-0.3, -0.25) is 9.69 Å². The maximum atomic E-state index is 12.9. The molecule has 2 aromatic rings. The predicted octanol–water partition coefficient (Wildman–Crippen LogP) is 1.84. The Kier molecular flexibility index (Phi) is 12.3. The Labute approximate surface area is 220 Å². The molecule has 2 heterocycles. The van der Waals surface area contributed by atoms with E-state index >= 15 is 0 Å². The highest BCUT2D eigenvalue weighted by molar-refractivity contribution is 6.27. The van der Waals surface area contributed by atoms with Gasteiger partial charge in [-0.15, -0.1) is 0 Å². The number of ketones is 1. The van der Waals surface area contributed by atoms with E-state index < -0.39 is 23.9 Å². The molecule has 0 unspecified atom stereocenters.